The minimum atomic E-state index is -0.284. The SMILES string of the molecule is CC(C)(C)C(CCN)NC(=O)c1cccc(=O)[nH]1. The maximum Gasteiger partial charge on any atom is 0.268 e. The van der Waals surface area contributed by atoms with E-state index in [1.54, 1.807) is 12.1 Å². The lowest BCUT2D eigenvalue weighted by Gasteiger charge is -2.31. The Bertz CT molecular complexity index is 460. The summed E-state index contributed by atoms with van der Waals surface area (Å²) in [6, 6.07) is 4.48. The number of nitrogens with two attached hydrogens (primary N) is 1. The summed E-state index contributed by atoms with van der Waals surface area (Å²) in [6.07, 6.45) is 0.701. The number of nitrogens with one attached hydrogen (secondary N) is 2. The second kappa shape index (κ2) is 5.82. The molecule has 1 amide bonds. The van der Waals surface area contributed by atoms with Gasteiger partial charge in [-0.2, -0.15) is 0 Å². The highest BCUT2D eigenvalue weighted by atomic mass is 16.2. The van der Waals surface area contributed by atoms with Crippen molar-refractivity contribution in [3.05, 3.63) is 34.2 Å². The number of carbonyl (C=O) groups is 1. The molecule has 4 N–H and O–H groups in total. The maximum atomic E-state index is 12.0. The van der Waals surface area contributed by atoms with Gasteiger partial charge >= 0.3 is 0 Å². The number of hydrogen-bond acceptors (Lipinski definition) is 3. The number of H-pyrrole nitrogens is 1. The van der Waals surface area contributed by atoms with E-state index in [2.05, 4.69) is 10.3 Å². The topological polar surface area (TPSA) is 88.0 Å². The third-order valence-corrected chi connectivity index (χ3v) is 2.82. The Morgan fingerprint density at radius 2 is 2.11 bits per heavy atom. The molecule has 18 heavy (non-hydrogen) atoms. The van der Waals surface area contributed by atoms with Gasteiger partial charge in [-0.3, -0.25) is 9.59 Å². The Balaban J connectivity index is 2.82. The molecule has 100 valence electrons. The summed E-state index contributed by atoms with van der Waals surface area (Å²) in [7, 11) is 0. The first-order valence-electron chi connectivity index (χ1n) is 6.05. The minimum absolute atomic E-state index is 0.0290. The molecule has 0 radical (unpaired) electrons. The first kappa shape index (κ1) is 14.4. The van der Waals surface area contributed by atoms with Crippen molar-refractivity contribution < 1.29 is 4.79 Å². The van der Waals surface area contributed by atoms with Crippen LogP contribution in [0.5, 0.6) is 0 Å². The normalized spacial score (nSPS) is 13.1. The van der Waals surface area contributed by atoms with Crippen molar-refractivity contribution in [2.75, 3.05) is 6.54 Å². The van der Waals surface area contributed by atoms with E-state index < -0.39 is 0 Å². The Labute approximate surface area is 107 Å². The molecule has 1 rings (SSSR count). The molecule has 1 unspecified atom stereocenters. The summed E-state index contributed by atoms with van der Waals surface area (Å²) in [5, 5.41) is 2.91. The molecule has 1 aromatic rings. The molecule has 0 saturated carbocycles. The van der Waals surface area contributed by atoms with Crippen LogP contribution >= 0.6 is 0 Å². The van der Waals surface area contributed by atoms with Gasteiger partial charge in [-0.05, 0) is 24.4 Å². The summed E-state index contributed by atoms with van der Waals surface area (Å²) in [5.41, 5.74) is 5.46. The zero-order valence-electron chi connectivity index (χ0n) is 11.1. The molecule has 0 fully saturated rings. The second-order valence-corrected chi connectivity index (χ2v) is 5.40. The van der Waals surface area contributed by atoms with E-state index in [0.717, 1.165) is 0 Å². The molecule has 0 saturated heterocycles. The van der Waals surface area contributed by atoms with Crippen molar-refractivity contribution in [2.45, 2.75) is 33.2 Å². The Kier molecular flexibility index (Phi) is 4.67. The fraction of sp³-hybridized carbons (Fsp3) is 0.538. The molecular formula is C13H21N3O2. The molecule has 0 aromatic carbocycles. The fourth-order valence-electron chi connectivity index (χ4n) is 1.70. The summed E-state index contributed by atoms with van der Waals surface area (Å²) in [5.74, 6) is -0.277. The first-order valence-corrected chi connectivity index (χ1v) is 6.05. The van der Waals surface area contributed by atoms with Crippen LogP contribution in [0.25, 0.3) is 0 Å². The van der Waals surface area contributed by atoms with E-state index in [4.69, 9.17) is 5.73 Å². The number of pyridine rings is 1. The highest BCUT2D eigenvalue weighted by molar-refractivity contribution is 5.92. The second-order valence-electron chi connectivity index (χ2n) is 5.40. The van der Waals surface area contributed by atoms with Crippen LogP contribution in [0, 0.1) is 5.41 Å². The minimum Gasteiger partial charge on any atom is -0.347 e. The largest absolute Gasteiger partial charge is 0.347 e. The van der Waals surface area contributed by atoms with Gasteiger partial charge in [0.1, 0.15) is 5.69 Å². The molecule has 0 bridgehead atoms. The molecule has 0 aliphatic rings. The number of amides is 1. The summed E-state index contributed by atoms with van der Waals surface area (Å²) in [6.45, 7) is 6.64. The zero-order chi connectivity index (χ0) is 13.8. The van der Waals surface area contributed by atoms with Crippen LogP contribution in [0.3, 0.4) is 0 Å². The van der Waals surface area contributed by atoms with E-state index >= 15 is 0 Å². The highest BCUT2D eigenvalue weighted by Crippen LogP contribution is 2.21. The molecule has 1 aromatic heterocycles. The quantitative estimate of drug-likeness (QED) is 0.742. The van der Waals surface area contributed by atoms with Gasteiger partial charge in [0, 0.05) is 12.1 Å². The lowest BCUT2D eigenvalue weighted by molar-refractivity contribution is 0.0893. The Morgan fingerprint density at radius 3 is 2.61 bits per heavy atom. The number of rotatable bonds is 4. The van der Waals surface area contributed by atoms with E-state index in [-0.39, 0.29) is 28.6 Å². The van der Waals surface area contributed by atoms with Gasteiger partial charge in [-0.15, -0.1) is 0 Å². The lowest BCUT2D eigenvalue weighted by atomic mass is 9.84. The molecule has 1 heterocycles. The van der Waals surface area contributed by atoms with Gasteiger partial charge in [-0.1, -0.05) is 26.8 Å². The molecule has 1 atom stereocenters. The van der Waals surface area contributed by atoms with Crippen molar-refractivity contribution in [3.8, 4) is 0 Å². The molecule has 0 aliphatic carbocycles. The molecular weight excluding hydrogens is 230 g/mol. The fourth-order valence-corrected chi connectivity index (χ4v) is 1.70. The number of hydrogen-bond donors (Lipinski definition) is 3. The number of aromatic amines is 1. The molecule has 5 nitrogen and oxygen atoms in total. The van der Waals surface area contributed by atoms with Crippen LogP contribution in [0.15, 0.2) is 23.0 Å². The van der Waals surface area contributed by atoms with Crippen molar-refractivity contribution in [2.24, 2.45) is 11.1 Å². The van der Waals surface area contributed by atoms with E-state index in [1.165, 1.54) is 6.07 Å². The van der Waals surface area contributed by atoms with E-state index in [0.29, 0.717) is 13.0 Å². The number of aromatic nitrogens is 1. The predicted molar refractivity (Wildman–Crippen MR) is 71.4 cm³/mol. The summed E-state index contributed by atoms with van der Waals surface area (Å²) >= 11 is 0. The predicted octanol–water partition coefficient (Wildman–Crippen LogP) is 0.868. The van der Waals surface area contributed by atoms with Gasteiger partial charge in [0.05, 0.1) is 0 Å². The van der Waals surface area contributed by atoms with Crippen molar-refractivity contribution >= 4 is 5.91 Å². The average Bonchev–Trinajstić information content (AvgIpc) is 2.27. The van der Waals surface area contributed by atoms with E-state index in [9.17, 15) is 9.59 Å². The maximum absolute atomic E-state index is 12.0. The van der Waals surface area contributed by atoms with E-state index in [1.807, 2.05) is 20.8 Å². The van der Waals surface area contributed by atoms with Crippen LogP contribution < -0.4 is 16.6 Å². The third kappa shape index (κ3) is 4.00. The first-order chi connectivity index (χ1) is 8.34. The molecule has 0 spiro atoms. The van der Waals surface area contributed by atoms with Crippen molar-refractivity contribution in [1.82, 2.24) is 10.3 Å². The monoisotopic (exact) mass is 251 g/mol. The van der Waals surface area contributed by atoms with Crippen molar-refractivity contribution in [1.29, 1.82) is 0 Å². The highest BCUT2D eigenvalue weighted by Gasteiger charge is 2.25. The van der Waals surface area contributed by atoms with Gasteiger partial charge in [0.2, 0.25) is 5.56 Å². The molecule has 0 aliphatic heterocycles. The smallest absolute Gasteiger partial charge is 0.268 e. The van der Waals surface area contributed by atoms with Crippen LogP contribution in [-0.4, -0.2) is 23.5 Å². The van der Waals surface area contributed by atoms with Crippen LogP contribution in [0.4, 0.5) is 0 Å². The van der Waals surface area contributed by atoms with Crippen LogP contribution in [-0.2, 0) is 0 Å². The van der Waals surface area contributed by atoms with Gasteiger partial charge in [0.15, 0.2) is 0 Å². The van der Waals surface area contributed by atoms with Crippen molar-refractivity contribution in [3.63, 3.8) is 0 Å². The van der Waals surface area contributed by atoms with Gasteiger partial charge < -0.3 is 16.0 Å². The summed E-state index contributed by atoms with van der Waals surface area (Å²) < 4.78 is 0. The van der Waals surface area contributed by atoms with Crippen LogP contribution in [0.2, 0.25) is 0 Å². The van der Waals surface area contributed by atoms with Gasteiger partial charge in [0.25, 0.3) is 5.91 Å². The third-order valence-electron chi connectivity index (χ3n) is 2.82. The Hall–Kier alpha value is -1.62. The standard InChI is InChI=1S/C13H21N3O2/c1-13(2,3)10(7-8-14)16-12(18)9-5-4-6-11(17)15-9/h4-6,10H,7-8,14H2,1-3H3,(H,15,17)(H,16,18). The lowest BCUT2D eigenvalue weighted by Crippen LogP contribution is -2.45. The zero-order valence-corrected chi connectivity index (χ0v) is 11.1. The average molecular weight is 251 g/mol. The Morgan fingerprint density at radius 1 is 1.44 bits per heavy atom. The summed E-state index contributed by atoms with van der Waals surface area (Å²) in [4.78, 5) is 25.7. The number of carbonyl (C=O) groups excluding carboxylic acids is 1. The van der Waals surface area contributed by atoms with Crippen LogP contribution in [0.1, 0.15) is 37.7 Å². The molecule has 5 heteroatoms. The van der Waals surface area contributed by atoms with Gasteiger partial charge in [-0.25, -0.2) is 0 Å².